The van der Waals surface area contributed by atoms with Gasteiger partial charge >= 0.3 is 0 Å². The molecule has 4 fully saturated rings. The van der Waals surface area contributed by atoms with Crippen molar-refractivity contribution in [2.75, 3.05) is 41.0 Å². The van der Waals surface area contributed by atoms with Crippen LogP contribution in [0.2, 0.25) is 0 Å². The summed E-state index contributed by atoms with van der Waals surface area (Å²) in [7, 11) is -5.73. The number of aromatic nitrogens is 1. The minimum atomic E-state index is -2.88. The number of hydrogen-bond donors (Lipinski definition) is 1. The number of anilines is 1. The molecule has 3 heterocycles. The Balaban J connectivity index is 0.000000228. The molecule has 2 saturated carbocycles. The van der Waals surface area contributed by atoms with Gasteiger partial charge in [0.05, 0.1) is 39.0 Å². The Bertz CT molecular complexity index is 1460. The fourth-order valence-electron chi connectivity index (χ4n) is 5.65. The Labute approximate surface area is 248 Å². The van der Waals surface area contributed by atoms with Crippen molar-refractivity contribution >= 4 is 42.6 Å². The van der Waals surface area contributed by atoms with E-state index in [1.54, 1.807) is 11.3 Å². The third kappa shape index (κ3) is 7.87. The number of nitrogens with one attached hydrogen (secondary N) is 1. The summed E-state index contributed by atoms with van der Waals surface area (Å²) in [6, 6.07) is 10.3. The normalized spacial score (nSPS) is 23.4. The largest absolute Gasteiger partial charge is 0.369 e. The second kappa shape index (κ2) is 12.4. The van der Waals surface area contributed by atoms with Crippen molar-refractivity contribution in [3.63, 3.8) is 0 Å². The van der Waals surface area contributed by atoms with Crippen LogP contribution in [0.1, 0.15) is 70.1 Å². The minimum absolute atomic E-state index is 0. The molecule has 0 atom stereocenters. The molecule has 2 aliphatic heterocycles. The fraction of sp³-hybridized carbons (Fsp3) is 0.621. The summed E-state index contributed by atoms with van der Waals surface area (Å²) >= 11 is 1.63. The number of hydrogen-bond acceptors (Lipinski definition) is 9. The molecule has 2 saturated heterocycles. The molecule has 1 aromatic carbocycles. The van der Waals surface area contributed by atoms with Gasteiger partial charge in [0.25, 0.3) is 0 Å². The van der Waals surface area contributed by atoms with Crippen LogP contribution in [-0.2, 0) is 24.5 Å². The van der Waals surface area contributed by atoms with Crippen molar-refractivity contribution in [3.8, 4) is 16.5 Å². The lowest BCUT2D eigenvalue weighted by Crippen LogP contribution is -2.40. The predicted molar refractivity (Wildman–Crippen MR) is 163 cm³/mol. The lowest BCUT2D eigenvalue weighted by molar-refractivity contribution is -0.126. The van der Waals surface area contributed by atoms with Gasteiger partial charge in [0, 0.05) is 38.2 Å². The van der Waals surface area contributed by atoms with Crippen LogP contribution in [0.25, 0.3) is 10.4 Å². The topological polar surface area (TPSA) is 137 Å². The number of sulfone groups is 2. The van der Waals surface area contributed by atoms with Gasteiger partial charge in [-0.2, -0.15) is 5.26 Å². The van der Waals surface area contributed by atoms with E-state index < -0.39 is 25.2 Å². The van der Waals surface area contributed by atoms with Crippen molar-refractivity contribution < 1.29 is 23.1 Å². The van der Waals surface area contributed by atoms with E-state index in [4.69, 9.17) is 5.26 Å². The van der Waals surface area contributed by atoms with Crippen LogP contribution >= 0.6 is 11.3 Å². The molecule has 6 rings (SSSR count). The number of carbonyl (C=O) groups excluding carboxylic acids is 1. The van der Waals surface area contributed by atoms with E-state index in [0.29, 0.717) is 25.9 Å². The number of thiazole rings is 1. The molecule has 0 unspecified atom stereocenters. The Morgan fingerprint density at radius 2 is 1.56 bits per heavy atom. The number of benzene rings is 1. The Morgan fingerprint density at radius 3 is 2.15 bits per heavy atom. The van der Waals surface area contributed by atoms with Crippen LogP contribution in [-0.4, -0.2) is 69.4 Å². The summed E-state index contributed by atoms with van der Waals surface area (Å²) in [6.45, 7) is 1.08. The molecule has 224 valence electrons. The lowest BCUT2D eigenvalue weighted by atomic mass is 9.88. The highest BCUT2D eigenvalue weighted by Gasteiger charge is 2.45. The number of carbonyl (C=O) groups is 1. The van der Waals surface area contributed by atoms with Crippen molar-refractivity contribution in [2.45, 2.75) is 69.2 Å². The van der Waals surface area contributed by atoms with Gasteiger partial charge in [-0.15, -0.1) is 11.3 Å². The minimum Gasteiger partial charge on any atom is -0.369 e. The summed E-state index contributed by atoms with van der Waals surface area (Å²) in [4.78, 5) is 19.5. The van der Waals surface area contributed by atoms with E-state index in [9.17, 15) is 21.6 Å². The monoisotopic (exact) mass is 620 g/mol. The summed E-state index contributed by atoms with van der Waals surface area (Å²) in [5, 5.41) is 12.7. The van der Waals surface area contributed by atoms with E-state index in [-0.39, 0.29) is 42.2 Å². The lowest BCUT2D eigenvalue weighted by Gasteiger charge is -2.28. The molecule has 0 spiro atoms. The van der Waals surface area contributed by atoms with Gasteiger partial charge in [0.15, 0.2) is 9.84 Å². The Morgan fingerprint density at radius 1 is 0.951 bits per heavy atom. The summed E-state index contributed by atoms with van der Waals surface area (Å²) in [5.74, 6) is 1.47. The van der Waals surface area contributed by atoms with Crippen LogP contribution in [0.3, 0.4) is 0 Å². The van der Waals surface area contributed by atoms with Crippen molar-refractivity contribution in [2.24, 2.45) is 5.92 Å². The van der Waals surface area contributed by atoms with E-state index in [0.717, 1.165) is 59.7 Å². The van der Waals surface area contributed by atoms with Gasteiger partial charge in [-0.1, -0.05) is 31.4 Å². The van der Waals surface area contributed by atoms with Crippen molar-refractivity contribution in [3.05, 3.63) is 35.5 Å². The first-order valence-electron chi connectivity index (χ1n) is 14.5. The zero-order valence-electron chi connectivity index (χ0n) is 23.3. The predicted octanol–water partition coefficient (Wildman–Crippen LogP) is 4.32. The molecule has 0 bridgehead atoms. The second-order valence-corrected chi connectivity index (χ2v) is 17.4. The summed E-state index contributed by atoms with van der Waals surface area (Å²) in [6.07, 6.45) is 10.5. The van der Waals surface area contributed by atoms with Gasteiger partial charge in [-0.25, -0.2) is 21.8 Å². The van der Waals surface area contributed by atoms with Crippen molar-refractivity contribution in [1.82, 2.24) is 10.3 Å². The maximum atomic E-state index is 11.8. The standard InChI is InChI=1S/C18H22N2O4S3.C11H16N2O.H2/c21-26(22)9-5-15(6-10-26)18-19-13-17(25-18)14-1-3-16(4-2-14)20-7-11-27(23,24)12-8-20;12-8-11(6-7-11)13-10(14)9-4-2-1-3-5-9;/h1-4,13,15H,5-12H2;9H,1-7H2,(H,13,14);1H. The molecule has 1 aromatic heterocycles. The Kier molecular flexibility index (Phi) is 9.07. The maximum absolute atomic E-state index is 11.8. The molecule has 41 heavy (non-hydrogen) atoms. The van der Waals surface area contributed by atoms with E-state index in [1.807, 2.05) is 30.5 Å². The number of nitriles is 1. The highest BCUT2D eigenvalue weighted by molar-refractivity contribution is 7.91. The quantitative estimate of drug-likeness (QED) is 0.522. The third-order valence-corrected chi connectivity index (χ3v) is 13.1. The van der Waals surface area contributed by atoms with Crippen LogP contribution in [0.4, 0.5) is 5.69 Å². The highest BCUT2D eigenvalue weighted by atomic mass is 32.2. The van der Waals surface area contributed by atoms with Crippen LogP contribution < -0.4 is 10.2 Å². The highest BCUT2D eigenvalue weighted by Crippen LogP contribution is 2.37. The maximum Gasteiger partial charge on any atom is 0.224 e. The van der Waals surface area contributed by atoms with Crippen molar-refractivity contribution in [1.29, 1.82) is 5.26 Å². The van der Waals surface area contributed by atoms with Crippen LogP contribution in [0, 0.1) is 17.2 Å². The first-order chi connectivity index (χ1) is 19.6. The average Bonchev–Trinajstić information content (AvgIpc) is 3.57. The molecule has 2 aromatic rings. The van der Waals surface area contributed by atoms with E-state index in [1.165, 1.54) is 6.42 Å². The molecular formula is C29H40N4O5S3. The van der Waals surface area contributed by atoms with Crippen LogP contribution in [0.15, 0.2) is 30.5 Å². The number of rotatable bonds is 5. The molecule has 0 radical (unpaired) electrons. The van der Waals surface area contributed by atoms with Crippen LogP contribution in [0.5, 0.6) is 0 Å². The molecule has 9 nitrogen and oxygen atoms in total. The van der Waals surface area contributed by atoms with Gasteiger partial charge < -0.3 is 10.2 Å². The molecule has 12 heteroatoms. The smallest absolute Gasteiger partial charge is 0.224 e. The summed E-state index contributed by atoms with van der Waals surface area (Å²) in [5.41, 5.74) is 1.64. The van der Waals surface area contributed by atoms with E-state index >= 15 is 0 Å². The molecule has 1 N–H and O–H groups in total. The van der Waals surface area contributed by atoms with E-state index in [2.05, 4.69) is 21.3 Å². The fourth-order valence-corrected chi connectivity index (χ4v) is 9.43. The Hall–Kier alpha value is -2.49. The van der Waals surface area contributed by atoms with Gasteiger partial charge in [0.2, 0.25) is 5.91 Å². The van der Waals surface area contributed by atoms with Gasteiger partial charge in [-0.3, -0.25) is 4.79 Å². The van der Waals surface area contributed by atoms with Gasteiger partial charge in [-0.05, 0) is 56.2 Å². The summed E-state index contributed by atoms with van der Waals surface area (Å²) < 4.78 is 46.3. The third-order valence-electron chi connectivity index (χ3n) is 8.59. The number of nitrogens with zero attached hydrogens (tertiary/aromatic N) is 3. The zero-order chi connectivity index (χ0) is 29.1. The second-order valence-electron chi connectivity index (χ2n) is 11.7. The first-order valence-corrected chi connectivity index (χ1v) is 19.0. The first kappa shape index (κ1) is 30.0. The molecular weight excluding hydrogens is 581 g/mol. The zero-order valence-corrected chi connectivity index (χ0v) is 25.7. The molecule has 1 amide bonds. The number of amides is 1. The molecule has 2 aliphatic carbocycles. The van der Waals surface area contributed by atoms with Gasteiger partial charge in [0.1, 0.15) is 15.4 Å². The average molecular weight is 621 g/mol. The molecule has 4 aliphatic rings. The SMILES string of the molecule is N#CC1(NC(=O)C2CCCCC2)CC1.O=S1(=O)CCC(c2ncc(-c3ccc(N4CCS(=O)(=O)CC4)cc3)s2)CC1.[HH].